The predicted molar refractivity (Wildman–Crippen MR) is 65.6 cm³/mol. The molecule has 0 aliphatic carbocycles. The minimum atomic E-state index is -0.230. The molecule has 0 spiro atoms. The Balaban J connectivity index is 2.10. The van der Waals surface area contributed by atoms with Crippen LogP contribution in [-0.2, 0) is 4.74 Å². The summed E-state index contributed by atoms with van der Waals surface area (Å²) < 4.78 is 5.29. The molecular formula is C12H26N2O2. The van der Waals surface area contributed by atoms with E-state index in [4.69, 9.17) is 4.74 Å². The third-order valence-corrected chi connectivity index (χ3v) is 3.15. The SMILES string of the molecule is CN(C)CCCN(C)CC(O)C1CCOC1. The molecular weight excluding hydrogens is 204 g/mol. The number of hydrogen-bond acceptors (Lipinski definition) is 4. The standard InChI is InChI=1S/C12H26N2O2/c1-13(2)6-4-7-14(3)9-12(15)11-5-8-16-10-11/h11-12,15H,4-10H2,1-3H3. The molecule has 4 nitrogen and oxygen atoms in total. The van der Waals surface area contributed by atoms with Crippen LogP contribution in [-0.4, -0.2) is 75.0 Å². The molecule has 1 aliphatic rings. The molecule has 96 valence electrons. The molecule has 16 heavy (non-hydrogen) atoms. The predicted octanol–water partition coefficient (Wildman–Crippen LogP) is 0.267. The second-order valence-electron chi connectivity index (χ2n) is 5.11. The Labute approximate surface area is 99.2 Å². The molecule has 0 aromatic heterocycles. The van der Waals surface area contributed by atoms with Crippen LogP contribution in [0.15, 0.2) is 0 Å². The summed E-state index contributed by atoms with van der Waals surface area (Å²) in [6.07, 6.45) is 1.93. The summed E-state index contributed by atoms with van der Waals surface area (Å²) in [5.41, 5.74) is 0. The fourth-order valence-electron chi connectivity index (χ4n) is 2.07. The number of aliphatic hydroxyl groups is 1. The number of rotatable bonds is 7. The molecule has 1 fully saturated rings. The molecule has 1 rings (SSSR count). The van der Waals surface area contributed by atoms with Crippen molar-refractivity contribution in [2.24, 2.45) is 5.92 Å². The van der Waals surface area contributed by atoms with Gasteiger partial charge in [-0.1, -0.05) is 0 Å². The van der Waals surface area contributed by atoms with Crippen LogP contribution in [0.3, 0.4) is 0 Å². The summed E-state index contributed by atoms with van der Waals surface area (Å²) in [6, 6.07) is 0. The van der Waals surface area contributed by atoms with Crippen LogP contribution in [0.5, 0.6) is 0 Å². The summed E-state index contributed by atoms with van der Waals surface area (Å²) in [5.74, 6) is 0.344. The zero-order valence-electron chi connectivity index (χ0n) is 10.9. The molecule has 0 bridgehead atoms. The van der Waals surface area contributed by atoms with E-state index in [0.29, 0.717) is 5.92 Å². The quantitative estimate of drug-likeness (QED) is 0.681. The molecule has 2 unspecified atom stereocenters. The van der Waals surface area contributed by atoms with Crippen LogP contribution in [0.4, 0.5) is 0 Å². The van der Waals surface area contributed by atoms with Crippen molar-refractivity contribution in [2.75, 3.05) is 54.0 Å². The highest BCUT2D eigenvalue weighted by Crippen LogP contribution is 2.17. The maximum absolute atomic E-state index is 10.00. The summed E-state index contributed by atoms with van der Waals surface area (Å²) in [4.78, 5) is 4.40. The van der Waals surface area contributed by atoms with E-state index in [-0.39, 0.29) is 6.10 Å². The number of ether oxygens (including phenoxy) is 1. The highest BCUT2D eigenvalue weighted by Gasteiger charge is 2.24. The van der Waals surface area contributed by atoms with Gasteiger partial charge in [0.25, 0.3) is 0 Å². The van der Waals surface area contributed by atoms with E-state index in [1.807, 2.05) is 0 Å². The van der Waals surface area contributed by atoms with Crippen molar-refractivity contribution in [1.82, 2.24) is 9.80 Å². The van der Waals surface area contributed by atoms with Crippen molar-refractivity contribution in [3.05, 3.63) is 0 Å². The first-order valence-electron chi connectivity index (χ1n) is 6.18. The van der Waals surface area contributed by atoms with Gasteiger partial charge >= 0.3 is 0 Å². The van der Waals surface area contributed by atoms with Crippen LogP contribution in [0.2, 0.25) is 0 Å². The first-order chi connectivity index (χ1) is 7.59. The first kappa shape index (κ1) is 13.9. The van der Waals surface area contributed by atoms with Crippen LogP contribution >= 0.6 is 0 Å². The van der Waals surface area contributed by atoms with E-state index in [1.165, 1.54) is 0 Å². The van der Waals surface area contributed by atoms with Gasteiger partial charge < -0.3 is 19.6 Å². The van der Waals surface area contributed by atoms with Crippen molar-refractivity contribution in [3.8, 4) is 0 Å². The van der Waals surface area contributed by atoms with E-state index < -0.39 is 0 Å². The third kappa shape index (κ3) is 5.25. The van der Waals surface area contributed by atoms with Gasteiger partial charge in [0.1, 0.15) is 0 Å². The lowest BCUT2D eigenvalue weighted by molar-refractivity contribution is 0.0626. The van der Waals surface area contributed by atoms with Gasteiger partial charge in [0, 0.05) is 19.1 Å². The summed E-state index contributed by atoms with van der Waals surface area (Å²) >= 11 is 0. The highest BCUT2D eigenvalue weighted by molar-refractivity contribution is 4.75. The number of likely N-dealkylation sites (N-methyl/N-ethyl adjacent to an activating group) is 1. The summed E-state index contributed by atoms with van der Waals surface area (Å²) in [6.45, 7) is 4.45. The van der Waals surface area contributed by atoms with Gasteiger partial charge in [-0.05, 0) is 47.1 Å². The lowest BCUT2D eigenvalue weighted by Gasteiger charge is -2.24. The molecule has 2 atom stereocenters. The molecule has 0 aromatic carbocycles. The maximum Gasteiger partial charge on any atom is 0.0717 e. The van der Waals surface area contributed by atoms with Crippen molar-refractivity contribution >= 4 is 0 Å². The van der Waals surface area contributed by atoms with Crippen molar-refractivity contribution in [3.63, 3.8) is 0 Å². The Morgan fingerprint density at radius 2 is 2.06 bits per heavy atom. The van der Waals surface area contributed by atoms with E-state index in [2.05, 4.69) is 30.9 Å². The van der Waals surface area contributed by atoms with Crippen LogP contribution in [0.1, 0.15) is 12.8 Å². The maximum atomic E-state index is 10.00. The average molecular weight is 230 g/mol. The second kappa shape index (κ2) is 7.22. The molecule has 4 heteroatoms. The van der Waals surface area contributed by atoms with E-state index in [9.17, 15) is 5.11 Å². The zero-order valence-corrected chi connectivity index (χ0v) is 10.9. The van der Waals surface area contributed by atoms with Crippen LogP contribution in [0.25, 0.3) is 0 Å². The first-order valence-corrected chi connectivity index (χ1v) is 6.18. The van der Waals surface area contributed by atoms with E-state index in [1.54, 1.807) is 0 Å². The van der Waals surface area contributed by atoms with Crippen molar-refractivity contribution in [1.29, 1.82) is 0 Å². The Kier molecular flexibility index (Phi) is 6.28. The number of nitrogens with zero attached hydrogens (tertiary/aromatic N) is 2. The fourth-order valence-corrected chi connectivity index (χ4v) is 2.07. The van der Waals surface area contributed by atoms with Gasteiger partial charge in [-0.2, -0.15) is 0 Å². The summed E-state index contributed by atoms with van der Waals surface area (Å²) in [5, 5.41) is 10.00. The Morgan fingerprint density at radius 1 is 1.31 bits per heavy atom. The molecule has 1 heterocycles. The molecule has 0 saturated carbocycles. The van der Waals surface area contributed by atoms with Gasteiger partial charge in [-0.3, -0.25) is 0 Å². The van der Waals surface area contributed by atoms with Gasteiger partial charge in [0.2, 0.25) is 0 Å². The van der Waals surface area contributed by atoms with Gasteiger partial charge in [-0.15, -0.1) is 0 Å². The Hall–Kier alpha value is -0.160. The highest BCUT2D eigenvalue weighted by atomic mass is 16.5. The smallest absolute Gasteiger partial charge is 0.0717 e. The van der Waals surface area contributed by atoms with E-state index in [0.717, 1.165) is 45.7 Å². The lowest BCUT2D eigenvalue weighted by atomic mass is 10.0. The monoisotopic (exact) mass is 230 g/mol. The molecule has 1 N–H and O–H groups in total. The summed E-state index contributed by atoms with van der Waals surface area (Å²) in [7, 11) is 6.25. The normalized spacial score (nSPS) is 23.2. The molecule has 0 amide bonds. The second-order valence-corrected chi connectivity index (χ2v) is 5.11. The van der Waals surface area contributed by atoms with Crippen molar-refractivity contribution < 1.29 is 9.84 Å². The van der Waals surface area contributed by atoms with Crippen molar-refractivity contribution in [2.45, 2.75) is 18.9 Å². The molecule has 1 saturated heterocycles. The Morgan fingerprint density at radius 3 is 2.62 bits per heavy atom. The van der Waals surface area contributed by atoms with Crippen LogP contribution < -0.4 is 0 Å². The van der Waals surface area contributed by atoms with Gasteiger partial charge in [-0.25, -0.2) is 0 Å². The van der Waals surface area contributed by atoms with Gasteiger partial charge in [0.05, 0.1) is 12.7 Å². The number of aliphatic hydroxyl groups excluding tert-OH is 1. The minimum Gasteiger partial charge on any atom is -0.391 e. The zero-order chi connectivity index (χ0) is 12.0. The number of hydrogen-bond donors (Lipinski definition) is 1. The average Bonchev–Trinajstić information content (AvgIpc) is 2.69. The fraction of sp³-hybridized carbons (Fsp3) is 1.00. The Bertz CT molecular complexity index is 182. The lowest BCUT2D eigenvalue weighted by Crippen LogP contribution is -2.35. The largest absolute Gasteiger partial charge is 0.391 e. The topological polar surface area (TPSA) is 35.9 Å². The van der Waals surface area contributed by atoms with Gasteiger partial charge in [0.15, 0.2) is 0 Å². The third-order valence-electron chi connectivity index (χ3n) is 3.15. The van der Waals surface area contributed by atoms with E-state index >= 15 is 0 Å². The van der Waals surface area contributed by atoms with Crippen LogP contribution in [0, 0.1) is 5.92 Å². The molecule has 0 radical (unpaired) electrons. The minimum absolute atomic E-state index is 0.230. The molecule has 1 aliphatic heterocycles. The molecule has 0 aromatic rings.